The number of benzene rings is 3. The molecular formula is C23H23NO13. The first-order chi connectivity index (χ1) is 17.7. The van der Waals surface area contributed by atoms with Gasteiger partial charge in [0, 0.05) is 28.3 Å². The lowest BCUT2D eigenvalue weighted by molar-refractivity contribution is -0.990. The molecule has 7 N–H and O–H groups in total. The van der Waals surface area contributed by atoms with Crippen molar-refractivity contribution in [1.82, 2.24) is 0 Å². The van der Waals surface area contributed by atoms with Crippen LogP contribution in [0.1, 0.15) is 10.4 Å². The van der Waals surface area contributed by atoms with Crippen molar-refractivity contribution in [1.29, 1.82) is 0 Å². The van der Waals surface area contributed by atoms with E-state index in [0.717, 1.165) is 0 Å². The van der Waals surface area contributed by atoms with E-state index in [1.165, 1.54) is 31.4 Å². The molecule has 3 aromatic carbocycles. The van der Waals surface area contributed by atoms with Gasteiger partial charge in [0.1, 0.15) is 35.9 Å². The zero-order chi connectivity index (χ0) is 26.6. The Morgan fingerprint density at radius 3 is 2.49 bits per heavy atom. The van der Waals surface area contributed by atoms with E-state index in [9.17, 15) is 40.7 Å². The van der Waals surface area contributed by atoms with Gasteiger partial charge in [-0.3, -0.25) is 0 Å². The summed E-state index contributed by atoms with van der Waals surface area (Å²) in [6.07, 6.45) is -7.67. The summed E-state index contributed by atoms with van der Waals surface area (Å²) in [5, 5.41) is 71.1. The first-order valence-electron chi connectivity index (χ1n) is 11.0. The van der Waals surface area contributed by atoms with E-state index in [-0.39, 0.29) is 62.6 Å². The van der Waals surface area contributed by atoms with Gasteiger partial charge in [-0.15, -0.1) is 0 Å². The Kier molecular flexibility index (Phi) is 6.43. The summed E-state index contributed by atoms with van der Waals surface area (Å²) in [5.74, 6) is -1.000. The van der Waals surface area contributed by atoms with Crippen molar-refractivity contribution < 1.29 is 64.4 Å². The van der Waals surface area contributed by atoms with Gasteiger partial charge in [0.25, 0.3) is 0 Å². The molecule has 0 aromatic heterocycles. The maximum atomic E-state index is 12.2. The number of carbonyl (C=O) groups is 1. The normalized spacial score (nSPS) is 25.9. The number of methoxy groups -OCH3 is 1. The quantitative estimate of drug-likeness (QED) is 0.154. The van der Waals surface area contributed by atoms with Crippen LogP contribution in [0.4, 0.5) is 5.69 Å². The molecule has 0 bridgehead atoms. The van der Waals surface area contributed by atoms with E-state index in [4.69, 9.17) is 23.7 Å². The summed E-state index contributed by atoms with van der Waals surface area (Å²) in [4.78, 5) is 12.1. The van der Waals surface area contributed by atoms with Crippen LogP contribution >= 0.6 is 0 Å². The Balaban J connectivity index is 1.75. The Hall–Kier alpha value is -3.47. The third-order valence-corrected chi connectivity index (χ3v) is 6.39. The Labute approximate surface area is 207 Å². The minimum Gasteiger partial charge on any atom is -0.595 e. The molecule has 0 spiro atoms. The number of rotatable bonds is 6. The number of hydrogen-bond donors (Lipinski definition) is 7. The molecule has 3 aromatic rings. The van der Waals surface area contributed by atoms with Crippen molar-refractivity contribution in [2.24, 2.45) is 0 Å². The molecule has 2 aliphatic rings. The van der Waals surface area contributed by atoms with Gasteiger partial charge in [-0.2, -0.15) is 5.23 Å². The first-order valence-corrected chi connectivity index (χ1v) is 11.0. The van der Waals surface area contributed by atoms with E-state index in [2.05, 4.69) is 0 Å². The number of ether oxygens (including phenoxy) is 5. The average Bonchev–Trinajstić information content (AvgIpc) is 3.35. The van der Waals surface area contributed by atoms with Gasteiger partial charge >= 0.3 is 5.97 Å². The van der Waals surface area contributed by atoms with E-state index < -0.39 is 48.5 Å². The molecule has 37 heavy (non-hydrogen) atoms. The molecule has 198 valence electrons. The molecule has 0 amide bonds. The summed E-state index contributed by atoms with van der Waals surface area (Å²) in [7, 11) is 1.33. The number of aliphatic hydroxyl groups is 4. The fourth-order valence-corrected chi connectivity index (χ4v) is 4.63. The molecule has 6 unspecified atom stereocenters. The average molecular weight is 521 g/mol. The van der Waals surface area contributed by atoms with E-state index in [1.54, 1.807) is 0 Å². The second-order valence-electron chi connectivity index (χ2n) is 8.48. The number of carboxylic acids is 1. The monoisotopic (exact) mass is 521 g/mol. The van der Waals surface area contributed by atoms with Gasteiger partial charge in [0.05, 0.1) is 24.7 Å². The number of carboxylic acid groups (broad SMARTS) is 1. The van der Waals surface area contributed by atoms with Crippen LogP contribution in [0.15, 0.2) is 24.3 Å². The predicted molar refractivity (Wildman–Crippen MR) is 121 cm³/mol. The topological polar surface area (TPSA) is 212 Å². The van der Waals surface area contributed by atoms with Crippen LogP contribution in [0.25, 0.3) is 21.5 Å². The van der Waals surface area contributed by atoms with Gasteiger partial charge in [0.15, 0.2) is 17.2 Å². The zero-order valence-corrected chi connectivity index (χ0v) is 19.2. The van der Waals surface area contributed by atoms with E-state index >= 15 is 0 Å². The lowest BCUT2D eigenvalue weighted by Crippen LogP contribution is -2.99. The maximum Gasteiger partial charge on any atom is 0.336 e. The second kappa shape index (κ2) is 9.44. The Morgan fingerprint density at radius 1 is 1.08 bits per heavy atom. The van der Waals surface area contributed by atoms with Crippen LogP contribution < -0.4 is 24.2 Å². The highest BCUT2D eigenvalue weighted by molar-refractivity contribution is 6.22. The second-order valence-corrected chi connectivity index (χ2v) is 8.48. The minimum atomic E-state index is -1.69. The molecule has 1 fully saturated rings. The van der Waals surface area contributed by atoms with Crippen LogP contribution in [-0.4, -0.2) is 87.9 Å². The molecule has 2 heterocycles. The largest absolute Gasteiger partial charge is 0.595 e. The number of fused-ring (bicyclic) bond motifs is 5. The predicted octanol–water partition coefficient (Wildman–Crippen LogP) is -0.989. The van der Waals surface area contributed by atoms with Gasteiger partial charge in [-0.1, -0.05) is 0 Å². The summed E-state index contributed by atoms with van der Waals surface area (Å²) in [6, 6.07) is 5.27. The zero-order valence-electron chi connectivity index (χ0n) is 19.2. The fraction of sp³-hybridized carbons (Fsp3) is 0.348. The lowest BCUT2D eigenvalue weighted by Gasteiger charge is -2.39. The number of nitrogens with one attached hydrogen (secondary N) is 1. The van der Waals surface area contributed by atoms with Crippen LogP contribution in [-0.2, 0) is 4.74 Å². The van der Waals surface area contributed by atoms with Gasteiger partial charge in [0.2, 0.25) is 13.1 Å². The maximum absolute atomic E-state index is 12.2. The van der Waals surface area contributed by atoms with Crippen molar-refractivity contribution in [3.8, 4) is 23.0 Å². The number of aliphatic hydroxyl groups excluding tert-OH is 4. The number of hydrogen-bond acceptors (Lipinski definition) is 12. The lowest BCUT2D eigenvalue weighted by atomic mass is 9.94. The van der Waals surface area contributed by atoms with Crippen molar-refractivity contribution >= 4 is 33.2 Å². The van der Waals surface area contributed by atoms with Crippen molar-refractivity contribution in [3.63, 3.8) is 0 Å². The molecule has 0 aliphatic carbocycles. The molecular weight excluding hydrogens is 498 g/mol. The minimum absolute atomic E-state index is 0.0199. The van der Waals surface area contributed by atoms with Crippen LogP contribution in [0.3, 0.4) is 0 Å². The number of quaternary nitrogens is 1. The molecule has 14 heteroatoms. The highest BCUT2D eigenvalue weighted by Crippen LogP contribution is 2.48. The van der Waals surface area contributed by atoms with Crippen LogP contribution in [0.5, 0.6) is 23.0 Å². The molecule has 1 saturated heterocycles. The number of aromatic carboxylic acids is 1. The Bertz CT molecular complexity index is 1370. The van der Waals surface area contributed by atoms with Crippen LogP contribution in [0.2, 0.25) is 0 Å². The smallest absolute Gasteiger partial charge is 0.336 e. The van der Waals surface area contributed by atoms with E-state index in [0.29, 0.717) is 0 Å². The summed E-state index contributed by atoms with van der Waals surface area (Å²) >= 11 is 0. The van der Waals surface area contributed by atoms with Crippen molar-refractivity contribution in [2.45, 2.75) is 30.7 Å². The molecule has 5 rings (SSSR count). The molecule has 6 atom stereocenters. The molecule has 14 nitrogen and oxygen atoms in total. The van der Waals surface area contributed by atoms with E-state index in [1.807, 2.05) is 0 Å². The third-order valence-electron chi connectivity index (χ3n) is 6.39. The SMILES string of the molecule is COc1cc(OC2OC(CO)C(O)C(O)C2O)cc2c1cc([NH+]([O-])O)c1c(C(=O)O)cc3c(c12)OCO3. The first kappa shape index (κ1) is 25.2. The van der Waals surface area contributed by atoms with Gasteiger partial charge in [-0.25, -0.2) is 10.0 Å². The Morgan fingerprint density at radius 2 is 1.84 bits per heavy atom. The molecule has 2 aliphatic heterocycles. The highest BCUT2D eigenvalue weighted by Gasteiger charge is 2.44. The van der Waals surface area contributed by atoms with Gasteiger partial charge in [-0.05, 0) is 12.1 Å². The summed E-state index contributed by atoms with van der Waals surface area (Å²) < 4.78 is 27.6. The van der Waals surface area contributed by atoms with Crippen molar-refractivity contribution in [3.05, 3.63) is 35.0 Å². The summed E-state index contributed by atoms with van der Waals surface area (Å²) in [5.41, 5.74) is -0.628. The van der Waals surface area contributed by atoms with Crippen LogP contribution in [0, 0.1) is 5.21 Å². The standard InChI is InChI=1S/C23H23NO13/c1-33-13-3-8(36-23-20(28)19(27)18(26)15(6-25)37-23)2-10-9(13)4-12(24(31)32)16-11(22(29)30)5-14-21(17(10)16)35-7-34-14/h2-5,15,18-20,23-28,31H,6-7H2,1H3,(H,29,30). The van der Waals surface area contributed by atoms with Crippen molar-refractivity contribution in [2.75, 3.05) is 20.5 Å². The molecule has 0 saturated carbocycles. The highest BCUT2D eigenvalue weighted by atomic mass is 16.8. The third kappa shape index (κ3) is 4.05. The summed E-state index contributed by atoms with van der Waals surface area (Å²) in [6.45, 7) is -0.875. The van der Waals surface area contributed by atoms with Gasteiger partial charge < -0.3 is 54.4 Å². The molecule has 0 radical (unpaired) electrons. The fourth-order valence-electron chi connectivity index (χ4n) is 4.63.